The van der Waals surface area contributed by atoms with E-state index in [2.05, 4.69) is 4.98 Å². The summed E-state index contributed by atoms with van der Waals surface area (Å²) in [4.78, 5) is 37.0. The molecule has 1 fully saturated rings. The molecule has 0 N–H and O–H groups in total. The van der Waals surface area contributed by atoms with Crippen molar-refractivity contribution in [2.45, 2.75) is 38.6 Å². The minimum Gasteiger partial charge on any atom is -0.339 e. The Bertz CT molecular complexity index is 909. The van der Waals surface area contributed by atoms with Crippen molar-refractivity contribution in [3.8, 4) is 0 Å². The molecular formula is C21H23FN4O2. The van der Waals surface area contributed by atoms with Gasteiger partial charge in [-0.15, -0.1) is 0 Å². The maximum absolute atomic E-state index is 13.4. The average molecular weight is 382 g/mol. The van der Waals surface area contributed by atoms with Gasteiger partial charge in [0.05, 0.1) is 5.69 Å². The van der Waals surface area contributed by atoms with Gasteiger partial charge in [-0.05, 0) is 31.0 Å². The largest absolute Gasteiger partial charge is 0.339 e. The van der Waals surface area contributed by atoms with Gasteiger partial charge in [0.1, 0.15) is 11.6 Å². The van der Waals surface area contributed by atoms with Crippen LogP contribution in [0.5, 0.6) is 0 Å². The number of likely N-dealkylation sites (tertiary alicyclic amines) is 1. The van der Waals surface area contributed by atoms with Crippen LogP contribution in [0.1, 0.15) is 53.1 Å². The molecule has 0 unspecified atom stereocenters. The molecule has 0 radical (unpaired) electrons. The number of nitrogens with zero attached hydrogens (tertiary/aromatic N) is 4. The van der Waals surface area contributed by atoms with E-state index in [-0.39, 0.29) is 17.7 Å². The normalized spacial score (nSPS) is 17.4. The van der Waals surface area contributed by atoms with E-state index in [1.54, 1.807) is 24.0 Å². The fourth-order valence-corrected chi connectivity index (χ4v) is 3.94. The van der Waals surface area contributed by atoms with Crippen LogP contribution in [0.2, 0.25) is 0 Å². The number of carbonyl (C=O) groups is 2. The van der Waals surface area contributed by atoms with Crippen molar-refractivity contribution >= 4 is 11.8 Å². The van der Waals surface area contributed by atoms with Gasteiger partial charge in [-0.2, -0.15) is 0 Å². The van der Waals surface area contributed by atoms with Gasteiger partial charge in [0.15, 0.2) is 0 Å². The topological polar surface area (TPSA) is 66.4 Å². The summed E-state index contributed by atoms with van der Waals surface area (Å²) in [5.74, 6) is 0.589. The van der Waals surface area contributed by atoms with Gasteiger partial charge in [0, 0.05) is 62.8 Å². The van der Waals surface area contributed by atoms with E-state index >= 15 is 0 Å². The number of piperidine rings is 1. The second kappa shape index (κ2) is 7.66. The van der Waals surface area contributed by atoms with E-state index in [1.165, 1.54) is 12.1 Å². The molecule has 2 aliphatic rings. The lowest BCUT2D eigenvalue weighted by Crippen LogP contribution is -2.38. The van der Waals surface area contributed by atoms with Crippen LogP contribution in [0.3, 0.4) is 0 Å². The molecule has 28 heavy (non-hydrogen) atoms. The van der Waals surface area contributed by atoms with Crippen molar-refractivity contribution in [3.63, 3.8) is 0 Å². The molecule has 0 bridgehead atoms. The number of amides is 2. The summed E-state index contributed by atoms with van der Waals surface area (Å²) < 4.78 is 13.4. The van der Waals surface area contributed by atoms with Crippen LogP contribution in [0.4, 0.5) is 4.39 Å². The third-order valence-electron chi connectivity index (χ3n) is 5.62. The maximum atomic E-state index is 13.4. The van der Waals surface area contributed by atoms with Crippen LogP contribution < -0.4 is 0 Å². The molecular weight excluding hydrogens is 359 g/mol. The third-order valence-corrected chi connectivity index (χ3v) is 5.62. The molecule has 2 amide bonds. The molecule has 2 aliphatic heterocycles. The Hall–Kier alpha value is -2.83. The second-order valence-corrected chi connectivity index (χ2v) is 7.47. The number of carbonyl (C=O) groups excluding carboxylic acids is 2. The number of hydrogen-bond donors (Lipinski definition) is 0. The Morgan fingerprint density at radius 3 is 2.64 bits per heavy atom. The lowest BCUT2D eigenvalue weighted by molar-refractivity contribution is -0.129. The van der Waals surface area contributed by atoms with Crippen molar-refractivity contribution in [1.82, 2.24) is 19.8 Å². The number of hydrogen-bond acceptors (Lipinski definition) is 4. The number of rotatable bonds is 2. The van der Waals surface area contributed by atoms with Crippen molar-refractivity contribution in [2.24, 2.45) is 0 Å². The SMILES string of the molecule is CC(=O)N1CCc2nc(C3CCN(C(=O)c4cccc(F)c4)CC3)ncc2C1. The van der Waals surface area contributed by atoms with E-state index in [4.69, 9.17) is 4.98 Å². The summed E-state index contributed by atoms with van der Waals surface area (Å²) in [6, 6.07) is 5.83. The number of aromatic nitrogens is 2. The summed E-state index contributed by atoms with van der Waals surface area (Å²) in [7, 11) is 0. The summed E-state index contributed by atoms with van der Waals surface area (Å²) in [5.41, 5.74) is 2.43. The van der Waals surface area contributed by atoms with Gasteiger partial charge >= 0.3 is 0 Å². The molecule has 7 heteroatoms. The van der Waals surface area contributed by atoms with Gasteiger partial charge < -0.3 is 9.80 Å². The van der Waals surface area contributed by atoms with Crippen LogP contribution in [-0.4, -0.2) is 51.2 Å². The summed E-state index contributed by atoms with van der Waals surface area (Å²) in [6.07, 6.45) is 4.18. The first-order valence-corrected chi connectivity index (χ1v) is 9.66. The molecule has 1 aromatic heterocycles. The average Bonchev–Trinajstić information content (AvgIpc) is 2.72. The molecule has 146 valence electrons. The Balaban J connectivity index is 1.40. The molecule has 3 heterocycles. The van der Waals surface area contributed by atoms with Gasteiger partial charge in [-0.1, -0.05) is 6.07 Å². The zero-order valence-electron chi connectivity index (χ0n) is 15.9. The smallest absolute Gasteiger partial charge is 0.253 e. The van der Waals surface area contributed by atoms with Crippen molar-refractivity contribution in [3.05, 3.63) is 58.9 Å². The molecule has 1 aromatic carbocycles. The minimum atomic E-state index is -0.397. The Labute approximate surface area is 163 Å². The van der Waals surface area contributed by atoms with Gasteiger partial charge in [-0.3, -0.25) is 9.59 Å². The minimum absolute atomic E-state index is 0.0741. The highest BCUT2D eigenvalue weighted by atomic mass is 19.1. The first-order valence-electron chi connectivity index (χ1n) is 9.66. The van der Waals surface area contributed by atoms with Crippen LogP contribution in [0, 0.1) is 5.82 Å². The number of halogens is 1. The standard InChI is InChI=1S/C21H23FN4O2/c1-14(27)26-10-7-19-17(13-26)12-23-20(24-19)15-5-8-25(9-6-15)21(28)16-3-2-4-18(22)11-16/h2-4,11-12,15H,5-10,13H2,1H3. The highest BCUT2D eigenvalue weighted by Crippen LogP contribution is 2.28. The maximum Gasteiger partial charge on any atom is 0.253 e. The van der Waals surface area contributed by atoms with Gasteiger partial charge in [0.25, 0.3) is 5.91 Å². The Morgan fingerprint density at radius 2 is 1.93 bits per heavy atom. The monoisotopic (exact) mass is 382 g/mol. The zero-order valence-corrected chi connectivity index (χ0v) is 15.9. The number of fused-ring (bicyclic) bond motifs is 1. The van der Waals surface area contributed by atoms with E-state index < -0.39 is 5.82 Å². The molecule has 0 spiro atoms. The summed E-state index contributed by atoms with van der Waals surface area (Å²) in [5, 5.41) is 0. The van der Waals surface area contributed by atoms with E-state index in [9.17, 15) is 14.0 Å². The zero-order chi connectivity index (χ0) is 19.7. The molecule has 6 nitrogen and oxygen atoms in total. The Morgan fingerprint density at radius 1 is 1.14 bits per heavy atom. The highest BCUT2D eigenvalue weighted by molar-refractivity contribution is 5.94. The van der Waals surface area contributed by atoms with Gasteiger partial charge in [0.2, 0.25) is 5.91 Å². The van der Waals surface area contributed by atoms with Crippen LogP contribution in [0.25, 0.3) is 0 Å². The van der Waals surface area contributed by atoms with Crippen molar-refractivity contribution in [1.29, 1.82) is 0 Å². The highest BCUT2D eigenvalue weighted by Gasteiger charge is 2.28. The second-order valence-electron chi connectivity index (χ2n) is 7.47. The van der Waals surface area contributed by atoms with E-state index in [0.717, 1.165) is 36.3 Å². The van der Waals surface area contributed by atoms with Gasteiger partial charge in [-0.25, -0.2) is 14.4 Å². The van der Waals surface area contributed by atoms with Crippen LogP contribution in [0.15, 0.2) is 30.5 Å². The van der Waals surface area contributed by atoms with Crippen LogP contribution >= 0.6 is 0 Å². The lowest BCUT2D eigenvalue weighted by Gasteiger charge is -2.32. The van der Waals surface area contributed by atoms with E-state index in [1.807, 2.05) is 11.1 Å². The predicted molar refractivity (Wildman–Crippen MR) is 101 cm³/mol. The number of benzene rings is 1. The quantitative estimate of drug-likeness (QED) is 0.801. The fraction of sp³-hybridized carbons (Fsp3) is 0.429. The first kappa shape index (κ1) is 18.5. The molecule has 0 aliphatic carbocycles. The lowest BCUT2D eigenvalue weighted by atomic mass is 9.94. The molecule has 0 saturated carbocycles. The first-order chi connectivity index (χ1) is 13.5. The molecule has 2 aromatic rings. The summed E-state index contributed by atoms with van der Waals surface area (Å²) >= 11 is 0. The Kier molecular flexibility index (Phi) is 5.07. The summed E-state index contributed by atoms with van der Waals surface area (Å²) in [6.45, 7) is 4.07. The molecule has 1 saturated heterocycles. The fourth-order valence-electron chi connectivity index (χ4n) is 3.94. The van der Waals surface area contributed by atoms with E-state index in [0.29, 0.717) is 31.7 Å². The van der Waals surface area contributed by atoms with Crippen LogP contribution in [-0.2, 0) is 17.8 Å². The third kappa shape index (κ3) is 3.74. The predicted octanol–water partition coefficient (Wildman–Crippen LogP) is 2.54. The van der Waals surface area contributed by atoms with Crippen molar-refractivity contribution in [2.75, 3.05) is 19.6 Å². The van der Waals surface area contributed by atoms with Crippen molar-refractivity contribution < 1.29 is 14.0 Å². The molecule has 0 atom stereocenters. The molecule has 4 rings (SSSR count).